The minimum absolute atomic E-state index is 0.572. The Kier molecular flexibility index (Phi) is 4.78. The molecule has 1 aromatic heterocycles. The van der Waals surface area contributed by atoms with E-state index >= 15 is 0 Å². The number of benzene rings is 3. The highest BCUT2D eigenvalue weighted by atomic mass is 35.5. The zero-order chi connectivity index (χ0) is 19.8. The molecule has 5 rings (SSSR count). The number of nitrogens with zero attached hydrogens (tertiary/aromatic N) is 3. The van der Waals surface area contributed by atoms with Crippen LogP contribution in [-0.4, -0.2) is 21.5 Å². The third-order valence-electron chi connectivity index (χ3n) is 5.26. The Morgan fingerprint density at radius 1 is 0.690 bits per heavy atom. The molecule has 5 heteroatoms. The second-order valence-electron chi connectivity index (χ2n) is 7.30. The predicted octanol–water partition coefficient (Wildman–Crippen LogP) is 6.27. The zero-order valence-electron chi connectivity index (χ0n) is 15.7. The molecule has 144 valence electrons. The van der Waals surface area contributed by atoms with Gasteiger partial charge in [-0.25, -0.2) is 0 Å². The highest BCUT2D eigenvalue weighted by Crippen LogP contribution is 2.32. The van der Waals surface area contributed by atoms with E-state index in [-0.39, 0.29) is 0 Å². The summed E-state index contributed by atoms with van der Waals surface area (Å²) in [6.07, 6.45) is 0. The number of rotatable bonds is 4. The average Bonchev–Trinajstić information content (AvgIpc) is 3.01. The Bertz CT molecular complexity index is 1140. The monoisotopic (exact) mass is 419 g/mol. The lowest BCUT2D eigenvalue weighted by Crippen LogP contribution is -2.26. The topological polar surface area (TPSA) is 19.4 Å². The van der Waals surface area contributed by atoms with Gasteiger partial charge in [0.05, 0.1) is 24.4 Å². The first-order chi connectivity index (χ1) is 14.2. The fourth-order valence-electron chi connectivity index (χ4n) is 3.78. The molecule has 1 aliphatic heterocycles. The van der Waals surface area contributed by atoms with Gasteiger partial charge in [0, 0.05) is 11.9 Å². The molecule has 4 aromatic rings. The van der Waals surface area contributed by atoms with Crippen molar-refractivity contribution >= 4 is 44.9 Å². The van der Waals surface area contributed by atoms with Crippen molar-refractivity contribution in [2.24, 2.45) is 0 Å². The van der Waals surface area contributed by atoms with Crippen LogP contribution in [-0.2, 0) is 13.1 Å². The number of hydrogen-bond acceptors (Lipinski definition) is 3. The van der Waals surface area contributed by atoms with Gasteiger partial charge in [-0.3, -0.25) is 4.98 Å². The smallest absolute Gasteiger partial charge is 0.142 e. The Morgan fingerprint density at radius 2 is 1.34 bits per heavy atom. The van der Waals surface area contributed by atoms with Crippen LogP contribution in [0.4, 0.5) is 0 Å². The summed E-state index contributed by atoms with van der Waals surface area (Å²) in [5.41, 5.74) is 3.17. The summed E-state index contributed by atoms with van der Waals surface area (Å²) in [6.45, 7) is 1.97. The van der Waals surface area contributed by atoms with E-state index in [1.807, 2.05) is 24.3 Å². The molecule has 0 saturated carbocycles. The minimum atomic E-state index is 0.572. The maximum absolute atomic E-state index is 6.56. The van der Waals surface area contributed by atoms with Gasteiger partial charge >= 0.3 is 0 Å². The van der Waals surface area contributed by atoms with E-state index in [0.29, 0.717) is 30.1 Å². The van der Waals surface area contributed by atoms with Gasteiger partial charge in [-0.1, -0.05) is 83.9 Å². The van der Waals surface area contributed by atoms with E-state index in [2.05, 4.69) is 64.4 Å². The molecule has 2 heterocycles. The summed E-state index contributed by atoms with van der Waals surface area (Å²) in [7, 11) is 0. The molecule has 0 saturated heterocycles. The van der Waals surface area contributed by atoms with E-state index in [0.717, 1.165) is 16.6 Å². The molecule has 0 fully saturated rings. The summed E-state index contributed by atoms with van der Waals surface area (Å²) in [4.78, 5) is 8.91. The average molecular weight is 420 g/mol. The van der Waals surface area contributed by atoms with E-state index < -0.39 is 0 Å². The number of pyridine rings is 1. The molecular weight excluding hydrogens is 401 g/mol. The van der Waals surface area contributed by atoms with Crippen LogP contribution in [0.5, 0.6) is 0 Å². The minimum Gasteiger partial charge on any atom is -0.338 e. The van der Waals surface area contributed by atoms with E-state index in [4.69, 9.17) is 28.2 Å². The summed E-state index contributed by atoms with van der Waals surface area (Å²) in [5.74, 6) is 0. The van der Waals surface area contributed by atoms with Gasteiger partial charge < -0.3 is 9.80 Å². The largest absolute Gasteiger partial charge is 0.338 e. The van der Waals surface area contributed by atoms with Gasteiger partial charge in [-0.15, -0.1) is 0 Å². The van der Waals surface area contributed by atoms with Crippen molar-refractivity contribution < 1.29 is 0 Å². The molecule has 0 amide bonds. The van der Waals surface area contributed by atoms with Crippen LogP contribution >= 0.6 is 23.2 Å². The van der Waals surface area contributed by atoms with Crippen LogP contribution in [0.1, 0.15) is 11.3 Å². The molecule has 0 atom stereocenters. The third kappa shape index (κ3) is 3.64. The lowest BCUT2D eigenvalue weighted by molar-refractivity contribution is 0.246. The molecular formula is C24H19Cl2N3. The Morgan fingerprint density at radius 3 is 2.17 bits per heavy atom. The molecule has 3 aromatic carbocycles. The molecule has 3 nitrogen and oxygen atoms in total. The molecule has 0 N–H and O–H groups in total. The number of aromatic nitrogens is 1. The quantitative estimate of drug-likeness (QED) is 0.363. The second kappa shape index (κ2) is 7.58. The molecule has 0 spiro atoms. The van der Waals surface area contributed by atoms with E-state index in [9.17, 15) is 0 Å². The Balaban J connectivity index is 1.34. The van der Waals surface area contributed by atoms with Crippen LogP contribution in [0.2, 0.25) is 0 Å². The van der Waals surface area contributed by atoms with Crippen LogP contribution in [0.15, 0.2) is 89.2 Å². The predicted molar refractivity (Wildman–Crippen MR) is 120 cm³/mol. The number of para-hydroxylation sites is 1. The van der Waals surface area contributed by atoms with Crippen LogP contribution in [0.25, 0.3) is 21.7 Å². The highest BCUT2D eigenvalue weighted by molar-refractivity contribution is 6.38. The number of halogens is 2. The van der Waals surface area contributed by atoms with Crippen molar-refractivity contribution in [3.8, 4) is 0 Å². The highest BCUT2D eigenvalue weighted by Gasteiger charge is 2.27. The van der Waals surface area contributed by atoms with Crippen molar-refractivity contribution in [1.29, 1.82) is 0 Å². The molecule has 0 radical (unpaired) electrons. The summed E-state index contributed by atoms with van der Waals surface area (Å²) in [5, 5.41) is 4.76. The Hall–Kier alpha value is -2.75. The first-order valence-corrected chi connectivity index (χ1v) is 10.3. The standard InChI is InChI=1S/C24H19Cl2N3/c25-23-24(26)29(15-21-12-11-19-6-3-4-8-22(19)27-21)16-28(23)14-17-9-10-18-5-1-2-7-20(18)13-17/h1-13H,14-16H2. The number of fused-ring (bicyclic) bond motifs is 2. The zero-order valence-corrected chi connectivity index (χ0v) is 17.2. The van der Waals surface area contributed by atoms with E-state index in [1.165, 1.54) is 16.3 Å². The van der Waals surface area contributed by atoms with Gasteiger partial charge in [-0.05, 0) is 34.5 Å². The van der Waals surface area contributed by atoms with Gasteiger partial charge in [0.2, 0.25) is 0 Å². The van der Waals surface area contributed by atoms with Gasteiger partial charge in [0.25, 0.3) is 0 Å². The maximum atomic E-state index is 6.56. The lowest BCUT2D eigenvalue weighted by Gasteiger charge is -2.22. The maximum Gasteiger partial charge on any atom is 0.142 e. The Labute approximate surface area is 179 Å². The summed E-state index contributed by atoms with van der Waals surface area (Å²) < 4.78 is 0. The molecule has 29 heavy (non-hydrogen) atoms. The van der Waals surface area contributed by atoms with E-state index in [1.54, 1.807) is 0 Å². The fourth-order valence-corrected chi connectivity index (χ4v) is 4.24. The fraction of sp³-hybridized carbons (Fsp3) is 0.125. The molecule has 0 aliphatic carbocycles. The van der Waals surface area contributed by atoms with Crippen LogP contribution < -0.4 is 0 Å². The van der Waals surface area contributed by atoms with Gasteiger partial charge in [0.15, 0.2) is 0 Å². The number of hydrogen-bond donors (Lipinski definition) is 0. The van der Waals surface area contributed by atoms with Crippen molar-refractivity contribution in [1.82, 2.24) is 14.8 Å². The SMILES string of the molecule is ClC1=C(Cl)N(Cc2ccc3ccccc3n2)CN1Cc1ccc2ccccc2c1. The third-order valence-corrected chi connectivity index (χ3v) is 6.20. The normalized spacial score (nSPS) is 14.4. The second-order valence-corrected chi connectivity index (χ2v) is 8.01. The van der Waals surface area contributed by atoms with Gasteiger partial charge in [0.1, 0.15) is 10.3 Å². The summed E-state index contributed by atoms with van der Waals surface area (Å²) >= 11 is 13.1. The molecule has 0 bridgehead atoms. The molecule has 1 aliphatic rings. The van der Waals surface area contributed by atoms with Gasteiger partial charge in [-0.2, -0.15) is 0 Å². The van der Waals surface area contributed by atoms with Crippen molar-refractivity contribution in [3.63, 3.8) is 0 Å². The van der Waals surface area contributed by atoms with Crippen LogP contribution in [0.3, 0.4) is 0 Å². The van der Waals surface area contributed by atoms with Crippen molar-refractivity contribution in [3.05, 3.63) is 100 Å². The first kappa shape index (κ1) is 18.3. The van der Waals surface area contributed by atoms with Crippen LogP contribution in [0, 0.1) is 0 Å². The van der Waals surface area contributed by atoms with Crippen molar-refractivity contribution in [2.75, 3.05) is 6.67 Å². The lowest BCUT2D eigenvalue weighted by atomic mass is 10.1. The summed E-state index contributed by atoms with van der Waals surface area (Å²) in [6, 6.07) is 27.1. The molecule has 0 unspecified atom stereocenters. The first-order valence-electron chi connectivity index (χ1n) is 9.55. The van der Waals surface area contributed by atoms with Crippen molar-refractivity contribution in [2.45, 2.75) is 13.1 Å².